The normalized spacial score (nSPS) is 16.6. The van der Waals surface area contributed by atoms with Crippen molar-refractivity contribution in [2.45, 2.75) is 36.9 Å². The minimum Gasteiger partial charge on any atom is -0.481 e. The fraction of sp³-hybridized carbons (Fsp3) is 0.250. The van der Waals surface area contributed by atoms with E-state index >= 15 is 0 Å². The van der Waals surface area contributed by atoms with Gasteiger partial charge in [0.2, 0.25) is 10.0 Å². The van der Waals surface area contributed by atoms with Crippen LogP contribution in [0.4, 0.5) is 13.2 Å². The summed E-state index contributed by atoms with van der Waals surface area (Å²) in [6, 6.07) is 10.1. The minimum atomic E-state index is -4.63. The van der Waals surface area contributed by atoms with Gasteiger partial charge >= 0.3 is 5.97 Å². The predicted molar refractivity (Wildman–Crippen MR) is 145 cm³/mol. The number of halogens is 4. The van der Waals surface area contributed by atoms with Gasteiger partial charge in [-0.15, -0.1) is 0 Å². The number of hydrogen-bond donors (Lipinski definition) is 2. The molecular formula is C28H25ClF3N3O6S. The van der Waals surface area contributed by atoms with Crippen LogP contribution in [0, 0.1) is 24.4 Å². The number of rotatable bonds is 8. The summed E-state index contributed by atoms with van der Waals surface area (Å²) in [5.74, 6) is -6.40. The first-order chi connectivity index (χ1) is 19.8. The highest BCUT2D eigenvalue weighted by molar-refractivity contribution is 7.89. The fourth-order valence-corrected chi connectivity index (χ4v) is 6.57. The van der Waals surface area contributed by atoms with Crippen molar-refractivity contribution in [1.29, 1.82) is 0 Å². The van der Waals surface area contributed by atoms with E-state index in [-0.39, 0.29) is 19.5 Å². The molecule has 2 N–H and O–H groups in total. The Morgan fingerprint density at radius 1 is 1.02 bits per heavy atom. The molecule has 0 spiro atoms. The number of carboxylic acids is 1. The Morgan fingerprint density at radius 2 is 1.71 bits per heavy atom. The Hall–Kier alpha value is -3.94. The fourth-order valence-electron chi connectivity index (χ4n) is 4.71. The van der Waals surface area contributed by atoms with Crippen LogP contribution in [0.1, 0.15) is 40.4 Å². The average Bonchev–Trinajstić information content (AvgIpc) is 2.92. The maximum Gasteiger partial charge on any atom is 0.305 e. The van der Waals surface area contributed by atoms with E-state index in [1.807, 2.05) is 0 Å². The number of sulfonamides is 1. The van der Waals surface area contributed by atoms with Gasteiger partial charge in [-0.05, 0) is 49.2 Å². The summed E-state index contributed by atoms with van der Waals surface area (Å²) in [5.41, 5.74) is 0.693. The highest BCUT2D eigenvalue weighted by Gasteiger charge is 2.45. The molecule has 2 amide bonds. The van der Waals surface area contributed by atoms with Gasteiger partial charge in [0, 0.05) is 24.7 Å². The van der Waals surface area contributed by atoms with Gasteiger partial charge in [0.1, 0.15) is 17.5 Å². The monoisotopic (exact) mass is 623 g/mol. The zero-order chi connectivity index (χ0) is 30.8. The molecule has 222 valence electrons. The molecule has 1 saturated heterocycles. The third-order valence-corrected chi connectivity index (χ3v) is 8.73. The van der Waals surface area contributed by atoms with Crippen LogP contribution >= 0.6 is 11.6 Å². The second-order valence-electron chi connectivity index (χ2n) is 9.65. The maximum absolute atomic E-state index is 14.0. The molecular weight excluding hydrogens is 599 g/mol. The van der Waals surface area contributed by atoms with Crippen molar-refractivity contribution in [2.24, 2.45) is 0 Å². The van der Waals surface area contributed by atoms with E-state index < -0.39 is 79.4 Å². The Kier molecular flexibility index (Phi) is 9.24. The third kappa shape index (κ3) is 6.75. The number of benzene rings is 3. The molecule has 1 heterocycles. The molecule has 1 aliphatic rings. The molecule has 0 radical (unpaired) electrons. The predicted octanol–water partition coefficient (Wildman–Crippen LogP) is 4.26. The number of carbonyl (C=O) groups is 3. The molecule has 0 bridgehead atoms. The van der Waals surface area contributed by atoms with Gasteiger partial charge in [-0.3, -0.25) is 14.4 Å². The van der Waals surface area contributed by atoms with Crippen LogP contribution < -0.4 is 5.32 Å². The summed E-state index contributed by atoms with van der Waals surface area (Å²) in [7, 11) is -4.63. The smallest absolute Gasteiger partial charge is 0.305 e. The van der Waals surface area contributed by atoms with Crippen molar-refractivity contribution in [2.75, 3.05) is 13.1 Å². The molecule has 2 unspecified atom stereocenters. The topological polar surface area (TPSA) is 124 Å². The first-order valence-corrected chi connectivity index (χ1v) is 14.4. The lowest BCUT2D eigenvalue weighted by Crippen LogP contribution is -2.63. The molecule has 4 rings (SSSR count). The van der Waals surface area contributed by atoms with Crippen LogP contribution in [0.5, 0.6) is 0 Å². The first-order valence-electron chi connectivity index (χ1n) is 12.6. The Morgan fingerprint density at radius 3 is 2.33 bits per heavy atom. The van der Waals surface area contributed by atoms with Gasteiger partial charge < -0.3 is 15.3 Å². The quantitative estimate of drug-likeness (QED) is 0.387. The van der Waals surface area contributed by atoms with E-state index in [4.69, 9.17) is 11.6 Å². The Labute approximate surface area is 244 Å². The molecule has 42 heavy (non-hydrogen) atoms. The van der Waals surface area contributed by atoms with Gasteiger partial charge in [-0.25, -0.2) is 21.6 Å². The summed E-state index contributed by atoms with van der Waals surface area (Å²) in [6.45, 7) is 1.30. The summed E-state index contributed by atoms with van der Waals surface area (Å²) in [5, 5.41) is 11.6. The van der Waals surface area contributed by atoms with Crippen LogP contribution in [0.2, 0.25) is 5.02 Å². The van der Waals surface area contributed by atoms with Crippen LogP contribution in [0.15, 0.2) is 65.6 Å². The third-order valence-electron chi connectivity index (χ3n) is 6.59. The van der Waals surface area contributed by atoms with Crippen molar-refractivity contribution < 1.29 is 41.1 Å². The number of nitrogens with zero attached hydrogens (tertiary/aromatic N) is 2. The van der Waals surface area contributed by atoms with Crippen molar-refractivity contribution in [3.63, 3.8) is 0 Å². The second-order valence-corrected chi connectivity index (χ2v) is 11.9. The number of aryl methyl sites for hydroxylation is 1. The zero-order valence-electron chi connectivity index (χ0n) is 22.1. The van der Waals surface area contributed by atoms with Crippen LogP contribution in [0.3, 0.4) is 0 Å². The van der Waals surface area contributed by atoms with E-state index in [0.717, 1.165) is 40.8 Å². The van der Waals surface area contributed by atoms with Gasteiger partial charge in [0.05, 0.1) is 22.4 Å². The summed E-state index contributed by atoms with van der Waals surface area (Å²) >= 11 is 5.82. The molecule has 1 aliphatic heterocycles. The van der Waals surface area contributed by atoms with Crippen molar-refractivity contribution >= 4 is 39.4 Å². The van der Waals surface area contributed by atoms with Crippen LogP contribution in [-0.4, -0.2) is 59.8 Å². The maximum atomic E-state index is 14.0. The van der Waals surface area contributed by atoms with Crippen molar-refractivity contribution in [3.8, 4) is 0 Å². The summed E-state index contributed by atoms with van der Waals surface area (Å²) in [4.78, 5) is 39.5. The number of hydrogen-bond acceptors (Lipinski definition) is 5. The SMILES string of the molecule is Cc1cccc(C(CC(=O)O)NC(=O)C2N(C(=O)c3cc(F)cc(F)c3)CCCN2S(=O)(=O)c2ccc(F)c(Cl)c2)c1. The molecule has 0 aliphatic carbocycles. The standard InChI is InChI=1S/C28H25ClF3N3O6S/c1-16-4-2-5-17(10-16)24(15-25(36)37)33-26(38)27-34(28(39)18-11-19(30)13-20(31)12-18)8-3-9-35(27)42(40,41)21-6-7-23(32)22(29)14-21/h2,4-7,10-14,24,27H,3,8-9,15H2,1H3,(H,33,38)(H,36,37). The molecule has 0 saturated carbocycles. The van der Waals surface area contributed by atoms with E-state index in [9.17, 15) is 41.1 Å². The van der Waals surface area contributed by atoms with Gasteiger partial charge in [-0.2, -0.15) is 4.31 Å². The van der Waals surface area contributed by atoms with Crippen molar-refractivity contribution in [3.05, 3.63) is 99.8 Å². The lowest BCUT2D eigenvalue weighted by atomic mass is 10.0. The van der Waals surface area contributed by atoms with Crippen molar-refractivity contribution in [1.82, 2.24) is 14.5 Å². The Bertz CT molecular complexity index is 1640. The number of nitrogens with one attached hydrogen (secondary N) is 1. The average molecular weight is 624 g/mol. The molecule has 14 heteroatoms. The molecule has 3 aromatic rings. The highest BCUT2D eigenvalue weighted by Crippen LogP contribution is 2.29. The molecule has 0 aromatic heterocycles. The van der Waals surface area contributed by atoms with E-state index in [2.05, 4.69) is 5.32 Å². The number of carboxylic acid groups (broad SMARTS) is 1. The first kappa shape index (κ1) is 31.0. The van der Waals surface area contributed by atoms with E-state index in [0.29, 0.717) is 15.9 Å². The lowest BCUT2D eigenvalue weighted by Gasteiger charge is -2.42. The summed E-state index contributed by atoms with van der Waals surface area (Å²) < 4.78 is 70.0. The van der Waals surface area contributed by atoms with Crippen LogP contribution in [0.25, 0.3) is 0 Å². The molecule has 1 fully saturated rings. The molecule has 9 nitrogen and oxygen atoms in total. The largest absolute Gasteiger partial charge is 0.481 e. The number of aliphatic carboxylic acids is 1. The summed E-state index contributed by atoms with van der Waals surface area (Å²) in [6.07, 6.45) is -2.46. The van der Waals surface area contributed by atoms with Crippen LogP contribution in [-0.2, 0) is 19.6 Å². The Balaban J connectivity index is 1.80. The highest BCUT2D eigenvalue weighted by atomic mass is 35.5. The van der Waals surface area contributed by atoms with Gasteiger partial charge in [0.25, 0.3) is 11.8 Å². The minimum absolute atomic E-state index is 0.0257. The second kappa shape index (κ2) is 12.5. The molecule has 2 atom stereocenters. The lowest BCUT2D eigenvalue weighted by molar-refractivity contribution is -0.138. The number of carbonyl (C=O) groups excluding carboxylic acids is 2. The number of amides is 2. The van der Waals surface area contributed by atoms with E-state index in [1.165, 1.54) is 0 Å². The van der Waals surface area contributed by atoms with Gasteiger partial charge in [0.15, 0.2) is 6.17 Å². The zero-order valence-corrected chi connectivity index (χ0v) is 23.6. The van der Waals surface area contributed by atoms with Gasteiger partial charge in [-0.1, -0.05) is 41.4 Å². The molecule has 3 aromatic carbocycles. The van der Waals surface area contributed by atoms with E-state index in [1.54, 1.807) is 31.2 Å².